The number of thioether (sulfide) groups is 1. The molecule has 0 aromatic heterocycles. The fourth-order valence-electron chi connectivity index (χ4n) is 7.16. The number of hydrogen-bond acceptors (Lipinski definition) is 10. The van der Waals surface area contributed by atoms with Gasteiger partial charge in [0.2, 0.25) is 0 Å². The van der Waals surface area contributed by atoms with E-state index in [9.17, 15) is 14.4 Å². The summed E-state index contributed by atoms with van der Waals surface area (Å²) in [4.78, 5) is 46.4. The molecule has 4 unspecified atom stereocenters. The Balaban J connectivity index is 1.33. The minimum Gasteiger partial charge on any atom is -0.466 e. The lowest BCUT2D eigenvalue weighted by atomic mass is 9.81. The minimum absolute atomic E-state index is 0.0994. The summed E-state index contributed by atoms with van der Waals surface area (Å²) >= 11 is 1.78. The fraction of sp³-hybridized carbons (Fsp3) is 0.805. The Hall–Kier alpha value is -2.53. The third-order valence-corrected chi connectivity index (χ3v) is 11.1. The summed E-state index contributed by atoms with van der Waals surface area (Å²) in [6, 6.07) is 0. The Bertz CT molecular complexity index is 1090. The molecule has 0 aliphatic carbocycles. The number of allylic oxidation sites excluding steroid dienone is 1. The molecule has 0 spiro atoms. The normalized spacial score (nSPS) is 21.4. The molecule has 3 rings (SSSR count). The summed E-state index contributed by atoms with van der Waals surface area (Å²) in [5.74, 6) is -0.911. The molecule has 0 radical (unpaired) electrons. The number of rotatable bonds is 29. The van der Waals surface area contributed by atoms with E-state index in [1.165, 1.54) is 89.7 Å². The highest BCUT2D eigenvalue weighted by atomic mass is 32.2. The van der Waals surface area contributed by atoms with E-state index in [2.05, 4.69) is 33.7 Å². The quantitative estimate of drug-likeness (QED) is 0.0454. The molecule has 1 amide bonds. The van der Waals surface area contributed by atoms with Crippen LogP contribution >= 0.6 is 11.8 Å². The summed E-state index contributed by atoms with van der Waals surface area (Å²) in [6.07, 6.45) is 29.3. The van der Waals surface area contributed by atoms with E-state index in [0.29, 0.717) is 26.0 Å². The van der Waals surface area contributed by atoms with E-state index in [-0.39, 0.29) is 13.2 Å². The number of alkyl carbamates (subject to hydrolysis) is 1. The predicted octanol–water partition coefficient (Wildman–Crippen LogP) is 9.27. The van der Waals surface area contributed by atoms with Gasteiger partial charge < -0.3 is 29.2 Å². The van der Waals surface area contributed by atoms with Crippen molar-refractivity contribution in [3.05, 3.63) is 23.8 Å². The van der Waals surface area contributed by atoms with Gasteiger partial charge in [-0.1, -0.05) is 110 Å². The Labute approximate surface area is 318 Å². The maximum Gasteiger partial charge on any atom is 0.407 e. The number of hydrogen-bond donors (Lipinski definition) is 1. The van der Waals surface area contributed by atoms with E-state index >= 15 is 0 Å². The Morgan fingerprint density at radius 2 is 1.58 bits per heavy atom. The van der Waals surface area contributed by atoms with Gasteiger partial charge in [-0.15, -0.1) is 11.8 Å². The summed E-state index contributed by atoms with van der Waals surface area (Å²) in [5.41, 5.74) is -1.49. The van der Waals surface area contributed by atoms with Crippen molar-refractivity contribution in [2.45, 2.75) is 166 Å². The van der Waals surface area contributed by atoms with Crippen LogP contribution in [0.5, 0.6) is 0 Å². The monoisotopic (exact) mass is 747 g/mol. The van der Waals surface area contributed by atoms with Crippen LogP contribution in [0.3, 0.4) is 0 Å². The molecule has 3 heterocycles. The van der Waals surface area contributed by atoms with E-state index in [1.54, 1.807) is 30.8 Å². The molecule has 52 heavy (non-hydrogen) atoms. The summed E-state index contributed by atoms with van der Waals surface area (Å²) in [7, 11) is 0. The van der Waals surface area contributed by atoms with Gasteiger partial charge in [0.1, 0.15) is 18.8 Å². The second-order valence-electron chi connectivity index (χ2n) is 14.5. The van der Waals surface area contributed by atoms with Crippen LogP contribution in [0.4, 0.5) is 4.79 Å². The molecule has 3 aliphatic heterocycles. The molecule has 1 saturated heterocycles. The minimum atomic E-state index is -1.49. The highest BCUT2D eigenvalue weighted by molar-refractivity contribution is 8.02. The van der Waals surface area contributed by atoms with Crippen molar-refractivity contribution in [2.24, 2.45) is 10.9 Å². The molecule has 11 heteroatoms. The van der Waals surface area contributed by atoms with Crippen LogP contribution in [0.2, 0.25) is 0 Å². The number of ether oxygens (including phenoxy) is 4. The topological polar surface area (TPSA) is 116 Å². The first-order valence-corrected chi connectivity index (χ1v) is 21.7. The predicted molar refractivity (Wildman–Crippen MR) is 210 cm³/mol. The van der Waals surface area contributed by atoms with Gasteiger partial charge in [0.05, 0.1) is 18.4 Å². The zero-order valence-corrected chi connectivity index (χ0v) is 33.2. The number of carbonyl (C=O) groups excluding carboxylic acids is 3. The number of nitrogens with one attached hydrogen (secondary N) is 1. The molecule has 1 N–H and O–H groups in total. The van der Waals surface area contributed by atoms with Crippen molar-refractivity contribution < 1.29 is 33.3 Å². The van der Waals surface area contributed by atoms with Crippen LogP contribution < -0.4 is 5.32 Å². The van der Waals surface area contributed by atoms with E-state index in [1.807, 2.05) is 0 Å². The second kappa shape index (κ2) is 27.1. The van der Waals surface area contributed by atoms with E-state index in [0.717, 1.165) is 50.9 Å². The van der Waals surface area contributed by atoms with Gasteiger partial charge in [-0.25, -0.2) is 9.59 Å². The Morgan fingerprint density at radius 3 is 2.19 bits per heavy atom. The van der Waals surface area contributed by atoms with Crippen molar-refractivity contribution >= 4 is 36.0 Å². The first kappa shape index (κ1) is 43.9. The van der Waals surface area contributed by atoms with Crippen LogP contribution in [-0.4, -0.2) is 85.7 Å². The van der Waals surface area contributed by atoms with Crippen molar-refractivity contribution in [1.29, 1.82) is 0 Å². The smallest absolute Gasteiger partial charge is 0.407 e. The zero-order valence-electron chi connectivity index (χ0n) is 32.4. The number of amides is 1. The first-order valence-electron chi connectivity index (χ1n) is 20.7. The highest BCUT2D eigenvalue weighted by Crippen LogP contribution is 2.34. The maximum atomic E-state index is 13.7. The summed E-state index contributed by atoms with van der Waals surface area (Å²) in [6.45, 7) is 6.16. The SMILES string of the molecule is CCCCCCCCCCCCCCCCCNC(=O)OC1CCCOC1COC(=O)C1(C(CCCCCN2C=CSC2)C(=O)OCC)C=CC=N1. The molecular weight excluding hydrogens is 679 g/mol. The standard InChI is InChI=1S/C41H69N3O7S/c1-3-5-6-7-8-9-10-11-12-13-14-15-16-17-20-27-42-40(47)51-36-25-22-31-49-37(36)33-50-39(46)41(26-23-28-43-41)35(38(45)48-4-2)24-19-18-21-29-44-30-32-52-34-44/h23,26,28,30,32,35-37H,3-22,24-25,27,29,31,33-34H2,1-2H3,(H,42,47). The zero-order chi connectivity index (χ0) is 37.1. The van der Waals surface area contributed by atoms with Gasteiger partial charge in [0.25, 0.3) is 0 Å². The summed E-state index contributed by atoms with van der Waals surface area (Å²) in [5, 5.41) is 4.98. The second-order valence-corrected chi connectivity index (χ2v) is 15.3. The Morgan fingerprint density at radius 1 is 0.904 bits per heavy atom. The van der Waals surface area contributed by atoms with E-state index < -0.39 is 41.7 Å². The number of aliphatic imine (C=N–C) groups is 1. The number of nitrogens with zero attached hydrogens (tertiary/aromatic N) is 2. The maximum absolute atomic E-state index is 13.7. The number of unbranched alkanes of at least 4 members (excludes halogenated alkanes) is 16. The molecule has 0 aromatic rings. The molecule has 3 aliphatic rings. The van der Waals surface area contributed by atoms with Crippen molar-refractivity contribution in [3.8, 4) is 0 Å². The molecule has 0 saturated carbocycles. The highest BCUT2D eigenvalue weighted by Gasteiger charge is 2.50. The van der Waals surface area contributed by atoms with Crippen molar-refractivity contribution in [3.63, 3.8) is 0 Å². The van der Waals surface area contributed by atoms with Gasteiger partial charge in [0, 0.05) is 32.1 Å². The van der Waals surface area contributed by atoms with E-state index in [4.69, 9.17) is 18.9 Å². The molecule has 0 aromatic carbocycles. The van der Waals surface area contributed by atoms with Crippen molar-refractivity contribution in [1.82, 2.24) is 10.2 Å². The van der Waals surface area contributed by atoms with Crippen LogP contribution in [0.15, 0.2) is 28.8 Å². The molecule has 1 fully saturated rings. The molecule has 0 bridgehead atoms. The lowest BCUT2D eigenvalue weighted by Gasteiger charge is -2.33. The van der Waals surface area contributed by atoms with Gasteiger partial charge in [-0.05, 0) is 56.6 Å². The third-order valence-electron chi connectivity index (χ3n) is 10.3. The number of carbonyl (C=O) groups is 3. The lowest BCUT2D eigenvalue weighted by Crippen LogP contribution is -2.49. The summed E-state index contributed by atoms with van der Waals surface area (Å²) < 4.78 is 22.9. The van der Waals surface area contributed by atoms with Crippen LogP contribution in [-0.2, 0) is 28.5 Å². The Kier molecular flexibility index (Phi) is 22.9. The van der Waals surface area contributed by atoms with Crippen LogP contribution in [0, 0.1) is 5.92 Å². The third kappa shape index (κ3) is 16.6. The molecule has 4 atom stereocenters. The first-order chi connectivity index (χ1) is 25.5. The van der Waals surface area contributed by atoms with Crippen molar-refractivity contribution in [2.75, 3.05) is 38.8 Å². The van der Waals surface area contributed by atoms with Gasteiger partial charge in [0.15, 0.2) is 5.54 Å². The fourth-order valence-corrected chi connectivity index (χ4v) is 7.91. The average molecular weight is 748 g/mol. The lowest BCUT2D eigenvalue weighted by molar-refractivity contribution is -0.166. The number of esters is 2. The molecular formula is C41H69N3O7S. The van der Waals surface area contributed by atoms with Gasteiger partial charge in [-0.3, -0.25) is 9.79 Å². The molecule has 10 nitrogen and oxygen atoms in total. The van der Waals surface area contributed by atoms with Crippen LogP contribution in [0.25, 0.3) is 0 Å². The average Bonchev–Trinajstić information content (AvgIpc) is 3.86. The largest absolute Gasteiger partial charge is 0.466 e. The van der Waals surface area contributed by atoms with Crippen LogP contribution in [0.1, 0.15) is 149 Å². The van der Waals surface area contributed by atoms with Gasteiger partial charge >= 0.3 is 18.0 Å². The molecule has 296 valence electrons. The van der Waals surface area contributed by atoms with Gasteiger partial charge in [-0.2, -0.15) is 0 Å².